The van der Waals surface area contributed by atoms with Crippen molar-refractivity contribution in [1.29, 1.82) is 0 Å². The monoisotopic (exact) mass is 241 g/mol. The lowest BCUT2D eigenvalue weighted by molar-refractivity contribution is -0.121. The largest absolute Gasteiger partial charge is 0.467 e. The molecular weight excluding hydrogens is 222 g/mol. The van der Waals surface area contributed by atoms with Gasteiger partial charge in [-0.05, 0) is 25.0 Å². The number of furan rings is 1. The molecule has 0 aliphatic heterocycles. The zero-order valence-corrected chi connectivity index (χ0v) is 10.0. The predicted octanol–water partition coefficient (Wildman–Crippen LogP) is 1.25. The summed E-state index contributed by atoms with van der Waals surface area (Å²) in [4.78, 5) is 11.4. The molecule has 0 spiro atoms. The Hall–Kier alpha value is -1.33. The third-order valence-corrected chi connectivity index (χ3v) is 2.37. The van der Waals surface area contributed by atoms with Crippen molar-refractivity contribution in [3.05, 3.63) is 24.2 Å². The van der Waals surface area contributed by atoms with E-state index < -0.39 is 6.10 Å². The Morgan fingerprint density at radius 2 is 2.41 bits per heavy atom. The fraction of sp³-hybridized carbons (Fsp3) is 0.583. The van der Waals surface area contributed by atoms with Gasteiger partial charge < -0.3 is 19.6 Å². The summed E-state index contributed by atoms with van der Waals surface area (Å²) in [5.74, 6) is 0.399. The normalized spacial score (nSPS) is 12.4. The second kappa shape index (κ2) is 7.86. The van der Waals surface area contributed by atoms with Gasteiger partial charge in [0.05, 0.1) is 12.8 Å². The number of methoxy groups -OCH3 is 1. The number of nitrogens with one attached hydrogen (secondary N) is 1. The SMILES string of the molecule is COCCCCC(=O)NCC(O)c1ccco1. The number of carbonyl (C=O) groups is 1. The molecule has 2 N–H and O–H groups in total. The van der Waals surface area contributed by atoms with Crippen LogP contribution in [0.4, 0.5) is 0 Å². The van der Waals surface area contributed by atoms with Crippen LogP contribution in [0.5, 0.6) is 0 Å². The van der Waals surface area contributed by atoms with Gasteiger partial charge in [0.2, 0.25) is 5.91 Å². The number of rotatable bonds is 8. The lowest BCUT2D eigenvalue weighted by Crippen LogP contribution is -2.28. The quantitative estimate of drug-likeness (QED) is 0.672. The van der Waals surface area contributed by atoms with Crippen LogP contribution in [0.2, 0.25) is 0 Å². The topological polar surface area (TPSA) is 71.7 Å². The number of aliphatic hydroxyl groups is 1. The number of hydrogen-bond donors (Lipinski definition) is 2. The number of amides is 1. The first-order valence-electron chi connectivity index (χ1n) is 5.71. The second-order valence-corrected chi connectivity index (χ2v) is 3.79. The molecule has 0 bridgehead atoms. The van der Waals surface area contributed by atoms with Gasteiger partial charge >= 0.3 is 0 Å². The average molecular weight is 241 g/mol. The number of unbranched alkanes of at least 4 members (excludes halogenated alkanes) is 1. The van der Waals surface area contributed by atoms with Crippen LogP contribution < -0.4 is 5.32 Å². The van der Waals surface area contributed by atoms with E-state index in [9.17, 15) is 9.90 Å². The molecule has 1 amide bonds. The van der Waals surface area contributed by atoms with E-state index in [0.29, 0.717) is 18.8 Å². The van der Waals surface area contributed by atoms with Gasteiger partial charge in [0, 0.05) is 20.1 Å². The molecule has 1 aromatic heterocycles. The van der Waals surface area contributed by atoms with Gasteiger partial charge in [-0.2, -0.15) is 0 Å². The Morgan fingerprint density at radius 3 is 3.06 bits per heavy atom. The van der Waals surface area contributed by atoms with Gasteiger partial charge in [-0.1, -0.05) is 0 Å². The lowest BCUT2D eigenvalue weighted by Gasteiger charge is -2.09. The molecule has 5 nitrogen and oxygen atoms in total. The molecule has 0 radical (unpaired) electrons. The smallest absolute Gasteiger partial charge is 0.220 e. The molecule has 1 atom stereocenters. The maximum absolute atomic E-state index is 11.4. The Kier molecular flexibility index (Phi) is 6.35. The maximum atomic E-state index is 11.4. The lowest BCUT2D eigenvalue weighted by atomic mass is 10.2. The zero-order chi connectivity index (χ0) is 12.5. The molecule has 1 rings (SSSR count). The summed E-state index contributed by atoms with van der Waals surface area (Å²) in [6, 6.07) is 3.38. The Bertz CT molecular complexity index is 310. The van der Waals surface area contributed by atoms with Crippen molar-refractivity contribution in [3.63, 3.8) is 0 Å². The molecule has 0 saturated heterocycles. The minimum Gasteiger partial charge on any atom is -0.467 e. The molecule has 0 aliphatic rings. The third-order valence-electron chi connectivity index (χ3n) is 2.37. The standard InChI is InChI=1S/C12H19NO4/c1-16-7-3-2-6-12(15)13-9-10(14)11-5-4-8-17-11/h4-5,8,10,14H,2-3,6-7,9H2,1H3,(H,13,15). The molecule has 0 saturated carbocycles. The molecule has 96 valence electrons. The summed E-state index contributed by atoms with van der Waals surface area (Å²) < 4.78 is 9.91. The van der Waals surface area contributed by atoms with Crippen molar-refractivity contribution in [1.82, 2.24) is 5.32 Å². The first kappa shape index (κ1) is 13.7. The van der Waals surface area contributed by atoms with Crippen LogP contribution >= 0.6 is 0 Å². The van der Waals surface area contributed by atoms with Crippen LogP contribution in [-0.2, 0) is 9.53 Å². The van der Waals surface area contributed by atoms with Crippen molar-refractivity contribution in [2.75, 3.05) is 20.3 Å². The summed E-state index contributed by atoms with van der Waals surface area (Å²) in [6.45, 7) is 0.846. The van der Waals surface area contributed by atoms with Crippen molar-refractivity contribution in [2.24, 2.45) is 0 Å². The van der Waals surface area contributed by atoms with Gasteiger partial charge in [-0.15, -0.1) is 0 Å². The van der Waals surface area contributed by atoms with Gasteiger partial charge in [0.25, 0.3) is 0 Å². The number of ether oxygens (including phenoxy) is 1. The molecular formula is C12H19NO4. The van der Waals surface area contributed by atoms with Crippen LogP contribution in [0, 0.1) is 0 Å². The van der Waals surface area contributed by atoms with Crippen molar-refractivity contribution in [3.8, 4) is 0 Å². The van der Waals surface area contributed by atoms with E-state index in [2.05, 4.69) is 5.32 Å². The van der Waals surface area contributed by atoms with Crippen molar-refractivity contribution in [2.45, 2.75) is 25.4 Å². The fourth-order valence-corrected chi connectivity index (χ4v) is 1.41. The van der Waals surface area contributed by atoms with E-state index >= 15 is 0 Å². The van der Waals surface area contributed by atoms with Crippen LogP contribution in [0.1, 0.15) is 31.1 Å². The fourth-order valence-electron chi connectivity index (χ4n) is 1.41. The van der Waals surface area contributed by atoms with Gasteiger partial charge in [0.1, 0.15) is 11.9 Å². The molecule has 17 heavy (non-hydrogen) atoms. The minimum atomic E-state index is -0.784. The summed E-state index contributed by atoms with van der Waals surface area (Å²) in [5.41, 5.74) is 0. The highest BCUT2D eigenvalue weighted by Crippen LogP contribution is 2.11. The first-order valence-corrected chi connectivity index (χ1v) is 5.71. The molecule has 1 unspecified atom stereocenters. The summed E-state index contributed by atoms with van der Waals surface area (Å²) >= 11 is 0. The molecule has 5 heteroatoms. The van der Waals surface area contributed by atoms with E-state index in [4.69, 9.17) is 9.15 Å². The first-order chi connectivity index (χ1) is 8.24. The third kappa shape index (κ3) is 5.51. The van der Waals surface area contributed by atoms with Crippen LogP contribution in [-0.4, -0.2) is 31.3 Å². The van der Waals surface area contributed by atoms with Crippen molar-refractivity contribution >= 4 is 5.91 Å². The molecule has 0 aliphatic carbocycles. The predicted molar refractivity (Wildman–Crippen MR) is 62.4 cm³/mol. The van der Waals surface area contributed by atoms with E-state index in [1.165, 1.54) is 6.26 Å². The number of aliphatic hydroxyl groups excluding tert-OH is 1. The van der Waals surface area contributed by atoms with E-state index in [1.807, 2.05) is 0 Å². The van der Waals surface area contributed by atoms with E-state index in [1.54, 1.807) is 19.2 Å². The Labute approximate surface area is 101 Å². The summed E-state index contributed by atoms with van der Waals surface area (Å²) in [7, 11) is 1.64. The second-order valence-electron chi connectivity index (χ2n) is 3.79. The summed E-state index contributed by atoms with van der Waals surface area (Å²) in [6.07, 6.45) is 2.81. The highest BCUT2D eigenvalue weighted by molar-refractivity contribution is 5.75. The Balaban J connectivity index is 2.11. The van der Waals surface area contributed by atoms with Gasteiger partial charge in [-0.25, -0.2) is 0 Å². The molecule has 0 aromatic carbocycles. The molecule has 0 fully saturated rings. The van der Waals surface area contributed by atoms with Gasteiger partial charge in [0.15, 0.2) is 0 Å². The highest BCUT2D eigenvalue weighted by atomic mass is 16.5. The van der Waals surface area contributed by atoms with E-state index in [0.717, 1.165) is 12.8 Å². The highest BCUT2D eigenvalue weighted by Gasteiger charge is 2.11. The van der Waals surface area contributed by atoms with Crippen LogP contribution in [0.15, 0.2) is 22.8 Å². The zero-order valence-electron chi connectivity index (χ0n) is 10.0. The van der Waals surface area contributed by atoms with E-state index in [-0.39, 0.29) is 12.5 Å². The Morgan fingerprint density at radius 1 is 1.59 bits per heavy atom. The molecule has 1 heterocycles. The summed E-state index contributed by atoms with van der Waals surface area (Å²) in [5, 5.41) is 12.3. The number of carbonyl (C=O) groups excluding carboxylic acids is 1. The molecule has 1 aromatic rings. The van der Waals surface area contributed by atoms with Crippen molar-refractivity contribution < 1.29 is 19.1 Å². The van der Waals surface area contributed by atoms with Crippen LogP contribution in [0.3, 0.4) is 0 Å². The number of hydrogen-bond acceptors (Lipinski definition) is 4. The van der Waals surface area contributed by atoms with Crippen LogP contribution in [0.25, 0.3) is 0 Å². The van der Waals surface area contributed by atoms with Gasteiger partial charge in [-0.3, -0.25) is 4.79 Å². The maximum Gasteiger partial charge on any atom is 0.220 e. The average Bonchev–Trinajstić information content (AvgIpc) is 2.85. The minimum absolute atomic E-state index is 0.0632.